The first-order chi connectivity index (χ1) is 13.4. The summed E-state index contributed by atoms with van der Waals surface area (Å²) < 4.78 is 7.11. The molecule has 3 heterocycles. The first-order valence-electron chi connectivity index (χ1n) is 10.0. The molecule has 1 N–H and O–H groups in total. The minimum absolute atomic E-state index is 0.0657. The quantitative estimate of drug-likeness (QED) is 0.777. The lowest BCUT2D eigenvalue weighted by atomic mass is 9.87. The minimum atomic E-state index is -0.574. The predicted molar refractivity (Wildman–Crippen MR) is 109 cm³/mol. The van der Waals surface area contributed by atoms with Crippen LogP contribution >= 0.6 is 0 Å². The lowest BCUT2D eigenvalue weighted by Crippen LogP contribution is -2.41. The molecule has 2 aromatic rings. The van der Waals surface area contributed by atoms with Gasteiger partial charge in [-0.25, -0.2) is 9.31 Å². The number of amides is 1. The van der Waals surface area contributed by atoms with Gasteiger partial charge < -0.3 is 14.6 Å². The van der Waals surface area contributed by atoms with Crippen molar-refractivity contribution in [2.24, 2.45) is 5.41 Å². The monoisotopic (exact) mass is 402 g/mol. The Morgan fingerprint density at radius 2 is 1.76 bits per heavy atom. The lowest BCUT2D eigenvalue weighted by molar-refractivity contribution is 0.0203. The van der Waals surface area contributed by atoms with Crippen LogP contribution < -0.4 is 5.56 Å². The van der Waals surface area contributed by atoms with Crippen LogP contribution in [-0.4, -0.2) is 50.1 Å². The van der Waals surface area contributed by atoms with Gasteiger partial charge in [0, 0.05) is 30.5 Å². The second kappa shape index (κ2) is 7.31. The van der Waals surface area contributed by atoms with E-state index >= 15 is 0 Å². The fourth-order valence-electron chi connectivity index (χ4n) is 3.56. The lowest BCUT2D eigenvalue weighted by Gasteiger charge is -2.33. The molecule has 1 aliphatic heterocycles. The second-order valence-corrected chi connectivity index (χ2v) is 9.70. The fraction of sp³-hybridized carbons (Fsp3) is 0.619. The summed E-state index contributed by atoms with van der Waals surface area (Å²) in [6.07, 6.45) is 2.60. The SMILES string of the molecule is CC(C)(C)OC(=O)N1CCC(c2cc(=O)[nH]c3c(C(=O)C(C)(C)C)cnn23)CC1. The van der Waals surface area contributed by atoms with Crippen molar-refractivity contribution < 1.29 is 14.3 Å². The number of aromatic nitrogens is 3. The van der Waals surface area contributed by atoms with Gasteiger partial charge in [0.2, 0.25) is 0 Å². The highest BCUT2D eigenvalue weighted by Crippen LogP contribution is 2.29. The number of nitrogens with zero attached hydrogens (tertiary/aromatic N) is 3. The van der Waals surface area contributed by atoms with Crippen LogP contribution in [0.2, 0.25) is 0 Å². The molecule has 0 aliphatic carbocycles. The van der Waals surface area contributed by atoms with Gasteiger partial charge in [-0.15, -0.1) is 0 Å². The molecule has 0 spiro atoms. The molecule has 0 aromatic carbocycles. The van der Waals surface area contributed by atoms with Gasteiger partial charge in [-0.3, -0.25) is 9.59 Å². The number of hydrogen-bond donors (Lipinski definition) is 1. The zero-order valence-corrected chi connectivity index (χ0v) is 18.0. The van der Waals surface area contributed by atoms with E-state index in [0.717, 1.165) is 5.69 Å². The Hall–Kier alpha value is -2.64. The molecule has 29 heavy (non-hydrogen) atoms. The number of ether oxygens (including phenoxy) is 1. The third-order valence-corrected chi connectivity index (χ3v) is 5.03. The molecular weight excluding hydrogens is 372 g/mol. The van der Waals surface area contributed by atoms with E-state index in [9.17, 15) is 14.4 Å². The van der Waals surface area contributed by atoms with Crippen LogP contribution in [0.25, 0.3) is 5.65 Å². The van der Waals surface area contributed by atoms with Crippen molar-refractivity contribution in [3.8, 4) is 0 Å². The highest BCUT2D eigenvalue weighted by atomic mass is 16.6. The molecule has 1 fully saturated rings. The maximum atomic E-state index is 12.7. The first kappa shape index (κ1) is 21.1. The number of carbonyl (C=O) groups is 2. The van der Waals surface area contributed by atoms with Gasteiger partial charge in [0.25, 0.3) is 5.56 Å². The smallest absolute Gasteiger partial charge is 0.410 e. The van der Waals surface area contributed by atoms with Crippen molar-refractivity contribution in [1.29, 1.82) is 0 Å². The number of Topliss-reactive ketones (excluding diaryl/α,β-unsaturated/α-hetero) is 1. The molecule has 0 radical (unpaired) electrons. The summed E-state index contributed by atoms with van der Waals surface area (Å²) in [5, 5.41) is 4.39. The second-order valence-electron chi connectivity index (χ2n) is 9.70. The van der Waals surface area contributed by atoms with E-state index in [1.807, 2.05) is 41.5 Å². The average molecular weight is 402 g/mol. The Morgan fingerprint density at radius 3 is 2.31 bits per heavy atom. The Labute approximate surface area is 170 Å². The maximum Gasteiger partial charge on any atom is 0.410 e. The Morgan fingerprint density at radius 1 is 1.14 bits per heavy atom. The molecule has 3 rings (SSSR count). The van der Waals surface area contributed by atoms with Crippen molar-refractivity contribution >= 4 is 17.5 Å². The van der Waals surface area contributed by atoms with Gasteiger partial charge in [0.05, 0.1) is 17.5 Å². The standard InChI is InChI=1S/C21H30N4O4/c1-20(2,3)17(27)14-12-22-25-15(11-16(26)23-18(14)25)13-7-9-24(10-8-13)19(28)29-21(4,5)6/h11-13H,7-10H2,1-6H3,(H,23,26). The van der Waals surface area contributed by atoms with Crippen molar-refractivity contribution in [3.63, 3.8) is 0 Å². The fourth-order valence-corrected chi connectivity index (χ4v) is 3.56. The van der Waals surface area contributed by atoms with Gasteiger partial charge in [-0.05, 0) is 33.6 Å². The van der Waals surface area contributed by atoms with Gasteiger partial charge in [0.15, 0.2) is 5.78 Å². The number of rotatable bonds is 2. The number of nitrogens with one attached hydrogen (secondary N) is 1. The normalized spacial score (nSPS) is 16.3. The molecule has 1 aliphatic rings. The van der Waals surface area contributed by atoms with Crippen LogP contribution in [0.1, 0.15) is 76.4 Å². The number of likely N-dealkylation sites (tertiary alicyclic amines) is 1. The Kier molecular flexibility index (Phi) is 5.32. The summed E-state index contributed by atoms with van der Waals surface area (Å²) in [6.45, 7) is 12.1. The van der Waals surface area contributed by atoms with E-state index in [2.05, 4.69) is 10.1 Å². The van der Waals surface area contributed by atoms with E-state index in [4.69, 9.17) is 4.74 Å². The number of ketones is 1. The minimum Gasteiger partial charge on any atom is -0.444 e. The van der Waals surface area contributed by atoms with Crippen LogP contribution in [-0.2, 0) is 4.74 Å². The zero-order chi connectivity index (χ0) is 21.6. The molecule has 1 amide bonds. The topological polar surface area (TPSA) is 96.8 Å². The summed E-state index contributed by atoms with van der Waals surface area (Å²) in [5.74, 6) is -0.00368. The van der Waals surface area contributed by atoms with Crippen molar-refractivity contribution in [1.82, 2.24) is 19.5 Å². The molecule has 8 heteroatoms. The predicted octanol–water partition coefficient (Wildman–Crippen LogP) is 3.37. The molecule has 158 valence electrons. The molecule has 8 nitrogen and oxygen atoms in total. The molecule has 1 saturated heterocycles. The van der Waals surface area contributed by atoms with Crippen LogP contribution in [0.15, 0.2) is 17.1 Å². The van der Waals surface area contributed by atoms with Crippen molar-refractivity contribution in [2.45, 2.75) is 65.9 Å². The van der Waals surface area contributed by atoms with E-state index in [1.54, 1.807) is 15.5 Å². The molecule has 0 bridgehead atoms. The number of hydrogen-bond acceptors (Lipinski definition) is 5. The van der Waals surface area contributed by atoms with Crippen molar-refractivity contribution in [2.75, 3.05) is 13.1 Å². The van der Waals surface area contributed by atoms with E-state index in [1.165, 1.54) is 6.20 Å². The van der Waals surface area contributed by atoms with E-state index in [-0.39, 0.29) is 23.4 Å². The Bertz CT molecular complexity index is 983. The summed E-state index contributed by atoms with van der Waals surface area (Å²) in [4.78, 5) is 41.8. The highest BCUT2D eigenvalue weighted by Gasteiger charge is 2.31. The number of aromatic amines is 1. The third-order valence-electron chi connectivity index (χ3n) is 5.03. The summed E-state index contributed by atoms with van der Waals surface area (Å²) in [6, 6.07) is 1.54. The summed E-state index contributed by atoms with van der Waals surface area (Å²) in [5.41, 5.74) is 0.253. The van der Waals surface area contributed by atoms with Crippen LogP contribution in [0.3, 0.4) is 0 Å². The van der Waals surface area contributed by atoms with Gasteiger partial charge in [0.1, 0.15) is 11.2 Å². The van der Waals surface area contributed by atoms with Gasteiger partial charge in [-0.2, -0.15) is 5.10 Å². The molecular formula is C21H30N4O4. The number of H-pyrrole nitrogens is 1. The van der Waals surface area contributed by atoms with Crippen LogP contribution in [0.5, 0.6) is 0 Å². The molecule has 0 atom stereocenters. The third kappa shape index (κ3) is 4.52. The van der Waals surface area contributed by atoms with Crippen LogP contribution in [0, 0.1) is 5.41 Å². The van der Waals surface area contributed by atoms with Crippen LogP contribution in [0.4, 0.5) is 4.79 Å². The van der Waals surface area contributed by atoms with E-state index < -0.39 is 11.0 Å². The van der Waals surface area contributed by atoms with Gasteiger partial charge >= 0.3 is 6.09 Å². The number of carbonyl (C=O) groups excluding carboxylic acids is 2. The zero-order valence-electron chi connectivity index (χ0n) is 18.0. The largest absolute Gasteiger partial charge is 0.444 e. The number of piperidine rings is 1. The summed E-state index contributed by atoms with van der Waals surface area (Å²) >= 11 is 0. The van der Waals surface area contributed by atoms with Gasteiger partial charge in [-0.1, -0.05) is 20.8 Å². The Balaban J connectivity index is 1.85. The average Bonchev–Trinajstić information content (AvgIpc) is 3.01. The molecule has 0 unspecified atom stereocenters. The number of fused-ring (bicyclic) bond motifs is 1. The highest BCUT2D eigenvalue weighted by molar-refractivity contribution is 6.04. The van der Waals surface area contributed by atoms with Crippen molar-refractivity contribution in [3.05, 3.63) is 33.9 Å². The molecule has 0 saturated carbocycles. The molecule has 2 aromatic heterocycles. The maximum absolute atomic E-state index is 12.7. The first-order valence-corrected chi connectivity index (χ1v) is 10.0. The van der Waals surface area contributed by atoms with E-state index in [0.29, 0.717) is 37.1 Å². The summed E-state index contributed by atoms with van der Waals surface area (Å²) in [7, 11) is 0.